The van der Waals surface area contributed by atoms with Crippen molar-refractivity contribution in [3.63, 3.8) is 0 Å². The number of thiazole rings is 1. The first-order valence-electron chi connectivity index (χ1n) is 12.9. The molecule has 0 radical (unpaired) electrons. The minimum Gasteiger partial charge on any atom is -0.465 e. The summed E-state index contributed by atoms with van der Waals surface area (Å²) in [5.41, 5.74) is 4.04. The molecule has 4 fully saturated rings. The van der Waals surface area contributed by atoms with Crippen LogP contribution in [-0.2, 0) is 11.3 Å². The molecule has 0 amide bonds. The quantitative estimate of drug-likeness (QED) is 0.245. The topological polar surface area (TPSA) is 80.5 Å². The van der Waals surface area contributed by atoms with Crippen molar-refractivity contribution in [2.24, 2.45) is 0 Å². The van der Waals surface area contributed by atoms with Gasteiger partial charge in [0.15, 0.2) is 5.13 Å². The summed E-state index contributed by atoms with van der Waals surface area (Å²) in [5, 5.41) is 10.4. The molecule has 10 heteroatoms. The molecule has 2 atom stereocenters. The van der Waals surface area contributed by atoms with E-state index in [1.807, 2.05) is 30.3 Å². The molecule has 196 valence electrons. The van der Waals surface area contributed by atoms with Crippen molar-refractivity contribution in [2.45, 2.75) is 62.7 Å². The lowest BCUT2D eigenvalue weighted by Crippen LogP contribution is -2.64. The number of methoxy groups -OCH3 is 1. The normalized spacial score (nSPS) is 22.5. The van der Waals surface area contributed by atoms with E-state index in [-0.39, 0.29) is 5.97 Å². The highest BCUT2D eigenvalue weighted by atomic mass is 35.5. The van der Waals surface area contributed by atoms with Gasteiger partial charge in [0.1, 0.15) is 11.5 Å². The van der Waals surface area contributed by atoms with Crippen molar-refractivity contribution in [1.29, 1.82) is 0 Å². The number of halogens is 2. The third-order valence-corrected chi connectivity index (χ3v) is 9.66. The van der Waals surface area contributed by atoms with Gasteiger partial charge < -0.3 is 19.5 Å². The third-order valence-electron chi connectivity index (χ3n) is 8.00. The number of hydrogen-bond acceptors (Lipinski definition) is 8. The minimum atomic E-state index is -0.325. The highest BCUT2D eigenvalue weighted by molar-refractivity contribution is 7.22. The average Bonchev–Trinajstić information content (AvgIpc) is 3.55. The van der Waals surface area contributed by atoms with Crippen molar-refractivity contribution in [3.8, 4) is 11.3 Å². The Hall–Kier alpha value is -2.65. The fourth-order valence-corrected chi connectivity index (χ4v) is 7.67. The lowest BCUT2D eigenvalue weighted by molar-refractivity contribution is 0.0601. The van der Waals surface area contributed by atoms with Crippen molar-refractivity contribution in [1.82, 2.24) is 15.5 Å². The number of piperidine rings is 1. The maximum absolute atomic E-state index is 11.9. The van der Waals surface area contributed by atoms with Crippen LogP contribution in [0, 0.1) is 0 Å². The second-order valence-electron chi connectivity index (χ2n) is 10.4. The van der Waals surface area contributed by atoms with Crippen molar-refractivity contribution in [3.05, 3.63) is 63.3 Å². The number of aromatic nitrogens is 2. The number of benzene rings is 2. The van der Waals surface area contributed by atoms with Gasteiger partial charge in [0.2, 0.25) is 0 Å². The Bertz CT molecular complexity index is 1520. The van der Waals surface area contributed by atoms with Crippen molar-refractivity contribution >= 4 is 55.9 Å². The van der Waals surface area contributed by atoms with E-state index in [9.17, 15) is 4.79 Å². The van der Waals surface area contributed by atoms with E-state index in [0.717, 1.165) is 63.6 Å². The highest BCUT2D eigenvalue weighted by Gasteiger charge is 2.46. The van der Waals surface area contributed by atoms with Crippen LogP contribution in [0.1, 0.15) is 59.7 Å². The number of fused-ring (bicyclic) bond motifs is 3. The number of esters is 1. The number of nitrogens with one attached hydrogen (secondary N) is 1. The molecule has 2 aliphatic carbocycles. The third kappa shape index (κ3) is 4.18. The lowest BCUT2D eigenvalue weighted by Gasteiger charge is -2.55. The van der Waals surface area contributed by atoms with Crippen LogP contribution >= 0.6 is 34.5 Å². The van der Waals surface area contributed by atoms with Crippen LogP contribution in [-0.4, -0.2) is 41.3 Å². The minimum absolute atomic E-state index is 0.325. The molecule has 4 heterocycles. The Kier molecular flexibility index (Phi) is 6.11. The Labute approximate surface area is 234 Å². The Balaban J connectivity index is 1.07. The highest BCUT2D eigenvalue weighted by Crippen LogP contribution is 2.47. The van der Waals surface area contributed by atoms with Crippen molar-refractivity contribution < 1.29 is 14.1 Å². The summed E-state index contributed by atoms with van der Waals surface area (Å²) >= 11 is 14.7. The smallest absolute Gasteiger partial charge is 0.337 e. The van der Waals surface area contributed by atoms with Gasteiger partial charge in [-0.05, 0) is 62.4 Å². The van der Waals surface area contributed by atoms with Gasteiger partial charge in [-0.2, -0.15) is 0 Å². The summed E-state index contributed by atoms with van der Waals surface area (Å²) in [6.07, 6.45) is 5.54. The first kappa shape index (κ1) is 24.4. The van der Waals surface area contributed by atoms with Gasteiger partial charge in [-0.3, -0.25) is 0 Å². The van der Waals surface area contributed by atoms with Gasteiger partial charge in [0, 0.05) is 41.7 Å². The largest absolute Gasteiger partial charge is 0.465 e. The van der Waals surface area contributed by atoms with Gasteiger partial charge in [0.05, 0.1) is 32.9 Å². The fraction of sp³-hybridized carbons (Fsp3) is 0.393. The summed E-state index contributed by atoms with van der Waals surface area (Å²) in [6.45, 7) is 0.674. The zero-order valence-electron chi connectivity index (χ0n) is 20.7. The predicted molar refractivity (Wildman–Crippen MR) is 149 cm³/mol. The van der Waals surface area contributed by atoms with Crippen LogP contribution in [0.2, 0.25) is 10.0 Å². The summed E-state index contributed by atoms with van der Waals surface area (Å²) in [5.74, 6) is 1.07. The summed E-state index contributed by atoms with van der Waals surface area (Å²) in [6, 6.07) is 12.4. The van der Waals surface area contributed by atoms with Gasteiger partial charge in [-0.15, -0.1) is 0 Å². The van der Waals surface area contributed by atoms with Gasteiger partial charge in [-0.25, -0.2) is 9.78 Å². The van der Waals surface area contributed by atoms with E-state index >= 15 is 0 Å². The first-order chi connectivity index (χ1) is 18.5. The molecule has 2 saturated heterocycles. The molecule has 0 spiro atoms. The fourth-order valence-electron chi connectivity index (χ4n) is 5.95. The summed E-state index contributed by atoms with van der Waals surface area (Å²) in [4.78, 5) is 19.3. The van der Waals surface area contributed by atoms with Gasteiger partial charge >= 0.3 is 5.97 Å². The second kappa shape index (κ2) is 9.52. The molecule has 4 aromatic rings. The molecular formula is C28H26Cl2N4O3S. The number of carbonyl (C=O) groups is 1. The lowest BCUT2D eigenvalue weighted by atomic mass is 9.77. The van der Waals surface area contributed by atoms with Crippen molar-refractivity contribution in [2.75, 3.05) is 12.0 Å². The molecule has 7 nitrogen and oxygen atoms in total. The van der Waals surface area contributed by atoms with Crippen LogP contribution < -0.4 is 10.2 Å². The Morgan fingerprint density at radius 2 is 1.92 bits per heavy atom. The van der Waals surface area contributed by atoms with Gasteiger partial charge in [0.25, 0.3) is 0 Å². The molecule has 2 saturated carbocycles. The maximum Gasteiger partial charge on any atom is 0.337 e. The SMILES string of the molecule is COC(=O)c1ccc2nc(N3C4CC(NCc5c(-c6c(Cl)cccc6Cl)noc5C5CC5)CC3C4)sc2c1. The number of rotatable bonds is 7. The van der Waals surface area contributed by atoms with E-state index in [2.05, 4.69) is 15.4 Å². The number of anilines is 1. The number of hydrogen-bond donors (Lipinski definition) is 1. The first-order valence-corrected chi connectivity index (χ1v) is 14.5. The Morgan fingerprint density at radius 1 is 1.16 bits per heavy atom. The molecular weight excluding hydrogens is 543 g/mol. The van der Waals surface area contributed by atoms with E-state index in [1.165, 1.54) is 13.5 Å². The summed E-state index contributed by atoms with van der Waals surface area (Å²) < 4.78 is 11.7. The number of nitrogens with zero attached hydrogens (tertiary/aromatic N) is 3. The van der Waals surface area contributed by atoms with Crippen LogP contribution in [0.5, 0.6) is 0 Å². The Morgan fingerprint density at radius 3 is 2.63 bits per heavy atom. The van der Waals surface area contributed by atoms with E-state index in [1.54, 1.807) is 17.4 Å². The molecule has 2 aliphatic heterocycles. The van der Waals surface area contributed by atoms with E-state index < -0.39 is 0 Å². The second-order valence-corrected chi connectivity index (χ2v) is 12.2. The average molecular weight is 570 g/mol. The maximum atomic E-state index is 11.9. The van der Waals surface area contributed by atoms with Gasteiger partial charge in [-0.1, -0.05) is 45.8 Å². The molecule has 4 aliphatic rings. The number of ether oxygens (including phenoxy) is 1. The molecule has 2 unspecified atom stereocenters. The van der Waals surface area contributed by atoms with Crippen LogP contribution in [0.25, 0.3) is 21.5 Å². The molecule has 2 aromatic heterocycles. The van der Waals surface area contributed by atoms with E-state index in [4.69, 9.17) is 37.4 Å². The zero-order chi connectivity index (χ0) is 26.0. The molecule has 38 heavy (non-hydrogen) atoms. The zero-order valence-corrected chi connectivity index (χ0v) is 23.1. The molecule has 1 N–H and O–H groups in total. The van der Waals surface area contributed by atoms with Crippen LogP contribution in [0.4, 0.5) is 5.13 Å². The monoisotopic (exact) mass is 568 g/mol. The summed E-state index contributed by atoms with van der Waals surface area (Å²) in [7, 11) is 1.40. The molecule has 2 bridgehead atoms. The number of carbonyl (C=O) groups excluding carboxylic acids is 1. The molecule has 2 aromatic carbocycles. The van der Waals surface area contributed by atoms with E-state index in [0.29, 0.717) is 46.2 Å². The standard InChI is InChI=1S/C28H26Cl2N4O3S/c1-36-27(35)15-7-8-22-23(9-15)38-28(32-22)34-17-10-16(11-18(34)12-17)31-13-19-25(33-37-26(19)14-5-6-14)24-20(29)3-2-4-21(24)30/h2-4,7-9,14,16-18,31H,5-6,10-13H2,1H3. The van der Waals surface area contributed by atoms with Crippen LogP contribution in [0.3, 0.4) is 0 Å². The van der Waals surface area contributed by atoms with Crippen LogP contribution in [0.15, 0.2) is 40.9 Å². The molecule has 8 rings (SSSR count). The predicted octanol–water partition coefficient (Wildman–Crippen LogP) is 6.82.